The Morgan fingerprint density at radius 1 is 0.793 bits per heavy atom. The highest BCUT2D eigenvalue weighted by atomic mass is 32.2. The van der Waals surface area contributed by atoms with Gasteiger partial charge in [-0.05, 0) is 132 Å². The summed E-state index contributed by atoms with van der Waals surface area (Å²) in [6.07, 6.45) is 3.38. The van der Waals surface area contributed by atoms with Crippen molar-refractivity contribution >= 4 is 69.2 Å². The van der Waals surface area contributed by atoms with Crippen molar-refractivity contribution in [3.63, 3.8) is 0 Å². The fraction of sp³-hybridized carbons (Fsp3) is 0.400. The molecule has 462 valence electrons. The number of hydrogen-bond donors (Lipinski definition) is 8. The van der Waals surface area contributed by atoms with E-state index in [1.54, 1.807) is 56.3 Å². The standard InChI is InChI=1S/C65H80N10O11S/c1-5-28-73(29-6-2)62(79)47-33-54-45(31-46(34-57(54)70-58(66)35-47)44-16-13-17-49(32-44)87(84,85)75-37-43(38-75)39-76)15-11-12-30-74(65(82)83)36-42-23-25-48(26-24-42)69-60(77)56(22-14-27-68-63(67)80)71-61(78)59(41(3)4)72-64(81)86-40-55-52-20-9-7-18-50(52)51-19-8-10-21-53(51)55/h7-10,13,16-21,23-26,31-34,41,43,55-56,59,76H,5-6,11-12,14-15,22,27-30,35-40H2,1-4H3,(H2,66,70)(H,69,77)(H,71,78)(H,72,81)(H,82,83)(H3,67,68,80). The van der Waals surface area contributed by atoms with Crippen LogP contribution in [0.25, 0.3) is 28.3 Å². The molecule has 2 aliphatic heterocycles. The number of amides is 7. The van der Waals surface area contributed by atoms with E-state index in [2.05, 4.69) is 21.3 Å². The minimum Gasteiger partial charge on any atom is -0.465 e. The van der Waals surface area contributed by atoms with Crippen molar-refractivity contribution in [2.45, 2.75) is 109 Å². The molecule has 5 aromatic carbocycles. The summed E-state index contributed by atoms with van der Waals surface area (Å²) in [5, 5.41) is 30.8. The number of urea groups is 1. The molecule has 7 amide bonds. The fourth-order valence-corrected chi connectivity index (χ4v) is 13.0. The van der Waals surface area contributed by atoms with Crippen LogP contribution in [0.3, 0.4) is 0 Å². The van der Waals surface area contributed by atoms with Gasteiger partial charge in [0.2, 0.25) is 27.7 Å². The molecule has 5 aromatic rings. The van der Waals surface area contributed by atoms with Crippen LogP contribution in [-0.4, -0.2) is 139 Å². The van der Waals surface area contributed by atoms with Gasteiger partial charge in [-0.25, -0.2) is 27.8 Å². The summed E-state index contributed by atoms with van der Waals surface area (Å²) in [6.45, 7) is 9.43. The van der Waals surface area contributed by atoms with Gasteiger partial charge in [-0.1, -0.05) is 107 Å². The number of carbonyl (C=O) groups excluding carboxylic acids is 5. The Labute approximate surface area is 508 Å². The number of nitrogens with zero attached hydrogens (tertiary/aromatic N) is 4. The van der Waals surface area contributed by atoms with E-state index < -0.39 is 58.1 Å². The Bertz CT molecular complexity index is 3440. The first kappa shape index (κ1) is 64.4. The van der Waals surface area contributed by atoms with Crippen molar-refractivity contribution in [3.8, 4) is 22.3 Å². The molecule has 2 heterocycles. The second kappa shape index (κ2) is 29.7. The van der Waals surface area contributed by atoms with Crippen LogP contribution in [-0.2, 0) is 42.1 Å². The summed E-state index contributed by atoms with van der Waals surface area (Å²) in [5.41, 5.74) is 20.9. The molecule has 10 N–H and O–H groups in total. The highest BCUT2D eigenvalue weighted by molar-refractivity contribution is 7.89. The third-order valence-corrected chi connectivity index (χ3v) is 17.7. The van der Waals surface area contributed by atoms with E-state index >= 15 is 0 Å². The van der Waals surface area contributed by atoms with Crippen LogP contribution < -0.4 is 32.7 Å². The third kappa shape index (κ3) is 16.3. The van der Waals surface area contributed by atoms with E-state index in [1.165, 1.54) is 9.21 Å². The van der Waals surface area contributed by atoms with Gasteiger partial charge >= 0.3 is 18.2 Å². The molecule has 22 heteroatoms. The smallest absolute Gasteiger partial charge is 0.407 e. The number of benzene rings is 5. The molecule has 1 fully saturated rings. The SMILES string of the molecule is CCCN(CCC)C(=O)C1=Cc2c(CCCCN(Cc3ccc(NC(=O)C(CCCNC(N)=O)NC(=O)C(NC(=O)OCC4c5ccccc5-c5ccccc54)C(C)C)cc3)C(=O)O)cc(-c3cccc(S(=O)(=O)N4CC(CO)C4)c3)cc2N=C(N)C1. The largest absolute Gasteiger partial charge is 0.465 e. The fourth-order valence-electron chi connectivity index (χ4n) is 11.3. The molecule has 3 aliphatic rings. The number of sulfonamides is 1. The number of ether oxygens (including phenoxy) is 1. The van der Waals surface area contributed by atoms with Crippen LogP contribution in [0.4, 0.5) is 25.8 Å². The number of rotatable bonds is 28. The van der Waals surface area contributed by atoms with E-state index in [0.717, 1.165) is 40.7 Å². The molecule has 0 saturated carbocycles. The molecule has 87 heavy (non-hydrogen) atoms. The summed E-state index contributed by atoms with van der Waals surface area (Å²) in [5.74, 6) is -1.78. The van der Waals surface area contributed by atoms with Crippen molar-refractivity contribution in [2.75, 3.05) is 57.8 Å². The van der Waals surface area contributed by atoms with Crippen molar-refractivity contribution in [3.05, 3.63) is 143 Å². The van der Waals surface area contributed by atoms with Crippen LogP contribution in [0.1, 0.15) is 106 Å². The topological polar surface area (TPSA) is 308 Å². The van der Waals surface area contributed by atoms with Gasteiger partial charge in [0.1, 0.15) is 24.5 Å². The van der Waals surface area contributed by atoms with E-state index in [9.17, 15) is 47.4 Å². The molecule has 8 rings (SSSR count). The molecule has 0 aromatic heterocycles. The number of aliphatic hydroxyl groups excluding tert-OH is 1. The summed E-state index contributed by atoms with van der Waals surface area (Å²) >= 11 is 0. The number of hydrogen-bond acceptors (Lipinski definition) is 12. The zero-order valence-electron chi connectivity index (χ0n) is 49.8. The molecule has 0 bridgehead atoms. The van der Waals surface area contributed by atoms with Crippen molar-refractivity contribution in [2.24, 2.45) is 28.3 Å². The van der Waals surface area contributed by atoms with E-state index in [4.69, 9.17) is 21.2 Å². The van der Waals surface area contributed by atoms with Gasteiger partial charge in [0, 0.05) is 87.5 Å². The van der Waals surface area contributed by atoms with Crippen molar-refractivity contribution in [1.82, 2.24) is 30.1 Å². The summed E-state index contributed by atoms with van der Waals surface area (Å²) in [4.78, 5) is 87.6. The predicted molar refractivity (Wildman–Crippen MR) is 334 cm³/mol. The van der Waals surface area contributed by atoms with Crippen LogP contribution in [0.5, 0.6) is 0 Å². The lowest BCUT2D eigenvalue weighted by molar-refractivity contribution is -0.128. The molecule has 2 atom stereocenters. The zero-order chi connectivity index (χ0) is 62.4. The summed E-state index contributed by atoms with van der Waals surface area (Å²) < 4.78 is 34.4. The Morgan fingerprint density at radius 2 is 1.47 bits per heavy atom. The highest BCUT2D eigenvalue weighted by Crippen LogP contribution is 2.45. The average molecular weight is 1210 g/mol. The molecule has 2 unspecified atom stereocenters. The summed E-state index contributed by atoms with van der Waals surface area (Å²) in [7, 11) is -3.83. The maximum absolute atomic E-state index is 14.1. The quantitative estimate of drug-likeness (QED) is 0.0219. The molecule has 0 spiro atoms. The second-order valence-corrected chi connectivity index (χ2v) is 24.7. The van der Waals surface area contributed by atoms with Gasteiger partial charge in [-0.15, -0.1) is 0 Å². The van der Waals surface area contributed by atoms with Gasteiger partial charge in [-0.3, -0.25) is 14.4 Å². The number of nitrogens with one attached hydrogen (secondary N) is 4. The third-order valence-electron chi connectivity index (χ3n) is 15.9. The van der Waals surface area contributed by atoms with Crippen LogP contribution in [0, 0.1) is 11.8 Å². The number of unbranched alkanes of at least 4 members (excludes halogenated alkanes) is 1. The summed E-state index contributed by atoms with van der Waals surface area (Å²) in [6, 6.07) is 30.1. The number of primary amides is 1. The van der Waals surface area contributed by atoms with Crippen molar-refractivity contribution in [1.29, 1.82) is 0 Å². The number of nitrogens with two attached hydrogens (primary N) is 2. The normalized spacial score (nSPS) is 14.6. The van der Waals surface area contributed by atoms with Gasteiger partial charge < -0.3 is 57.5 Å². The first-order chi connectivity index (χ1) is 41.8. The lowest BCUT2D eigenvalue weighted by Crippen LogP contribution is -2.54. The highest BCUT2D eigenvalue weighted by Gasteiger charge is 2.37. The van der Waals surface area contributed by atoms with E-state index in [-0.39, 0.29) is 93.7 Å². The van der Waals surface area contributed by atoms with E-state index in [1.807, 2.05) is 91.6 Å². The minimum atomic E-state index is -3.83. The van der Waals surface area contributed by atoms with Crippen molar-refractivity contribution < 1.29 is 52.1 Å². The molecule has 1 saturated heterocycles. The Kier molecular flexibility index (Phi) is 22.0. The first-order valence-electron chi connectivity index (χ1n) is 29.8. The molecular formula is C65H80N10O11S. The minimum absolute atomic E-state index is 0.0266. The molecule has 21 nitrogen and oxygen atoms in total. The van der Waals surface area contributed by atoms with Crippen LogP contribution in [0.15, 0.2) is 125 Å². The zero-order valence-corrected chi connectivity index (χ0v) is 50.6. The van der Waals surface area contributed by atoms with Gasteiger partial charge in [-0.2, -0.15) is 4.31 Å². The van der Waals surface area contributed by atoms with E-state index in [0.29, 0.717) is 71.6 Å². The maximum atomic E-state index is 14.1. The number of aliphatic imine (C=N–C) groups is 1. The molecule has 0 radical (unpaired) electrons. The number of carboxylic acid groups (broad SMARTS) is 1. The molecule has 1 aliphatic carbocycles. The number of anilines is 1. The van der Waals surface area contributed by atoms with Crippen LogP contribution in [0.2, 0.25) is 0 Å². The second-order valence-electron chi connectivity index (χ2n) is 22.7. The Morgan fingerprint density at radius 3 is 2.10 bits per heavy atom. The lowest BCUT2D eigenvalue weighted by atomic mass is 9.93. The number of aryl methyl sites for hydroxylation is 1. The molecular weight excluding hydrogens is 1130 g/mol. The van der Waals surface area contributed by atoms with Gasteiger partial charge in [0.15, 0.2) is 0 Å². The number of carbonyl (C=O) groups is 6. The van der Waals surface area contributed by atoms with Gasteiger partial charge in [0.05, 0.1) is 10.6 Å². The van der Waals surface area contributed by atoms with Crippen LogP contribution >= 0.6 is 0 Å². The number of amidine groups is 1. The number of alkyl carbamates (subject to hydrolysis) is 1. The number of fused-ring (bicyclic) bond motifs is 4. The Balaban J connectivity index is 0.921. The monoisotopic (exact) mass is 1210 g/mol. The average Bonchev–Trinajstić information content (AvgIpc) is 3.80. The number of aliphatic hydroxyl groups is 1. The maximum Gasteiger partial charge on any atom is 0.407 e. The van der Waals surface area contributed by atoms with Gasteiger partial charge in [0.25, 0.3) is 0 Å². The lowest BCUT2D eigenvalue weighted by Gasteiger charge is -2.36. The first-order valence-corrected chi connectivity index (χ1v) is 31.3. The predicted octanol–water partition coefficient (Wildman–Crippen LogP) is 8.33. The Hall–Kier alpha value is -8.60.